The van der Waals surface area contributed by atoms with E-state index in [1.807, 2.05) is 51.0 Å². The standard InChI is InChI=1S/C12H12N4.C2H6/c1-8-11-5-9(3-4-12(11)15-14-8)10-6-13-16(2)7-10;1-2/h3-7H,1-2H3,(H,14,15);1-2H3. The van der Waals surface area contributed by atoms with Crippen LogP contribution < -0.4 is 0 Å². The van der Waals surface area contributed by atoms with E-state index in [0.717, 1.165) is 16.8 Å². The number of benzene rings is 1. The summed E-state index contributed by atoms with van der Waals surface area (Å²) in [6, 6.07) is 6.24. The van der Waals surface area contributed by atoms with E-state index in [-0.39, 0.29) is 0 Å². The molecule has 3 rings (SSSR count). The van der Waals surface area contributed by atoms with Crippen LogP contribution in [-0.2, 0) is 7.05 Å². The van der Waals surface area contributed by atoms with Crippen molar-refractivity contribution in [2.75, 3.05) is 0 Å². The van der Waals surface area contributed by atoms with Crippen molar-refractivity contribution in [3.05, 3.63) is 36.3 Å². The molecule has 0 aliphatic heterocycles. The summed E-state index contributed by atoms with van der Waals surface area (Å²) >= 11 is 0. The summed E-state index contributed by atoms with van der Waals surface area (Å²) in [4.78, 5) is 0. The highest BCUT2D eigenvalue weighted by atomic mass is 15.2. The molecule has 0 saturated heterocycles. The van der Waals surface area contributed by atoms with Crippen LogP contribution in [0.2, 0.25) is 0 Å². The Labute approximate surface area is 107 Å². The van der Waals surface area contributed by atoms with E-state index in [0.29, 0.717) is 0 Å². The molecule has 4 heteroatoms. The van der Waals surface area contributed by atoms with E-state index in [1.165, 1.54) is 10.9 Å². The Bertz CT molecular complexity index is 649. The molecular formula is C14H18N4. The molecule has 0 bridgehead atoms. The maximum Gasteiger partial charge on any atom is 0.0924 e. The van der Waals surface area contributed by atoms with Gasteiger partial charge < -0.3 is 0 Å². The zero-order valence-electron chi connectivity index (χ0n) is 11.2. The second-order valence-electron chi connectivity index (χ2n) is 3.98. The van der Waals surface area contributed by atoms with Crippen LogP contribution in [0.15, 0.2) is 30.6 Å². The normalized spacial score (nSPS) is 10.2. The molecule has 4 nitrogen and oxygen atoms in total. The summed E-state index contributed by atoms with van der Waals surface area (Å²) in [5.41, 5.74) is 4.40. The first-order valence-electron chi connectivity index (χ1n) is 6.18. The lowest BCUT2D eigenvalue weighted by Crippen LogP contribution is -1.84. The zero-order chi connectivity index (χ0) is 13.1. The number of rotatable bonds is 1. The third kappa shape index (κ3) is 2.14. The lowest BCUT2D eigenvalue weighted by molar-refractivity contribution is 0.768. The maximum absolute atomic E-state index is 4.21. The van der Waals surface area contributed by atoms with Gasteiger partial charge in [-0.3, -0.25) is 9.78 Å². The number of fused-ring (bicyclic) bond motifs is 1. The van der Waals surface area contributed by atoms with Crippen molar-refractivity contribution >= 4 is 10.9 Å². The van der Waals surface area contributed by atoms with Crippen LogP contribution in [0, 0.1) is 6.92 Å². The minimum absolute atomic E-state index is 1.00. The average Bonchev–Trinajstić information content (AvgIpc) is 2.99. The van der Waals surface area contributed by atoms with Gasteiger partial charge >= 0.3 is 0 Å². The fourth-order valence-electron chi connectivity index (χ4n) is 1.89. The highest BCUT2D eigenvalue weighted by molar-refractivity contribution is 5.86. The highest BCUT2D eigenvalue weighted by Crippen LogP contribution is 2.24. The SMILES string of the molecule is CC.Cc1[nH]nc2ccc(-c3cnn(C)c3)cc12. The number of nitrogens with zero attached hydrogens (tertiary/aromatic N) is 3. The average molecular weight is 242 g/mol. The molecule has 0 unspecified atom stereocenters. The topological polar surface area (TPSA) is 46.5 Å². The van der Waals surface area contributed by atoms with Gasteiger partial charge in [-0.1, -0.05) is 19.9 Å². The van der Waals surface area contributed by atoms with Crippen molar-refractivity contribution in [2.24, 2.45) is 7.05 Å². The van der Waals surface area contributed by atoms with Crippen LogP contribution in [0.5, 0.6) is 0 Å². The number of aromatic amines is 1. The summed E-state index contributed by atoms with van der Waals surface area (Å²) in [6.07, 6.45) is 3.88. The van der Waals surface area contributed by atoms with Gasteiger partial charge in [-0.15, -0.1) is 0 Å². The molecule has 0 atom stereocenters. The Kier molecular flexibility index (Phi) is 3.46. The Morgan fingerprint density at radius 3 is 2.61 bits per heavy atom. The number of nitrogens with one attached hydrogen (secondary N) is 1. The molecule has 2 aromatic heterocycles. The predicted octanol–water partition coefficient (Wildman–Crippen LogP) is 3.30. The summed E-state index contributed by atoms with van der Waals surface area (Å²) in [5, 5.41) is 12.5. The van der Waals surface area contributed by atoms with Crippen LogP contribution in [-0.4, -0.2) is 20.0 Å². The molecule has 0 spiro atoms. The Balaban J connectivity index is 0.000000574. The van der Waals surface area contributed by atoms with Crippen molar-refractivity contribution in [1.82, 2.24) is 20.0 Å². The van der Waals surface area contributed by atoms with Crippen molar-refractivity contribution in [2.45, 2.75) is 20.8 Å². The van der Waals surface area contributed by atoms with Crippen LogP contribution in [0.3, 0.4) is 0 Å². The Morgan fingerprint density at radius 1 is 1.17 bits per heavy atom. The predicted molar refractivity (Wildman–Crippen MR) is 74.4 cm³/mol. The largest absolute Gasteiger partial charge is 0.282 e. The fourth-order valence-corrected chi connectivity index (χ4v) is 1.89. The van der Waals surface area contributed by atoms with Gasteiger partial charge in [0.1, 0.15) is 0 Å². The first-order chi connectivity index (χ1) is 8.74. The van der Waals surface area contributed by atoms with Crippen LogP contribution in [0.1, 0.15) is 19.5 Å². The van der Waals surface area contributed by atoms with Crippen LogP contribution >= 0.6 is 0 Å². The molecule has 94 valence electrons. The van der Waals surface area contributed by atoms with Crippen molar-refractivity contribution < 1.29 is 0 Å². The lowest BCUT2D eigenvalue weighted by Gasteiger charge is -1.97. The smallest absolute Gasteiger partial charge is 0.0924 e. The Morgan fingerprint density at radius 2 is 1.94 bits per heavy atom. The monoisotopic (exact) mass is 242 g/mol. The minimum Gasteiger partial charge on any atom is -0.282 e. The quantitative estimate of drug-likeness (QED) is 0.711. The summed E-state index contributed by atoms with van der Waals surface area (Å²) in [5.74, 6) is 0. The summed E-state index contributed by atoms with van der Waals surface area (Å²) in [6.45, 7) is 6.03. The van der Waals surface area contributed by atoms with E-state index < -0.39 is 0 Å². The first-order valence-corrected chi connectivity index (χ1v) is 6.18. The third-order valence-corrected chi connectivity index (χ3v) is 2.78. The van der Waals surface area contributed by atoms with E-state index in [2.05, 4.69) is 27.4 Å². The maximum atomic E-state index is 4.21. The van der Waals surface area contributed by atoms with Gasteiger partial charge in [0.15, 0.2) is 0 Å². The molecule has 0 aliphatic carbocycles. The molecular weight excluding hydrogens is 224 g/mol. The molecule has 1 N–H and O–H groups in total. The third-order valence-electron chi connectivity index (χ3n) is 2.78. The van der Waals surface area contributed by atoms with Crippen molar-refractivity contribution in [1.29, 1.82) is 0 Å². The molecule has 2 heterocycles. The molecule has 1 aromatic carbocycles. The number of aryl methyl sites for hydroxylation is 2. The fraction of sp³-hybridized carbons (Fsp3) is 0.286. The highest BCUT2D eigenvalue weighted by Gasteiger charge is 2.05. The molecule has 0 amide bonds. The summed E-state index contributed by atoms with van der Waals surface area (Å²) in [7, 11) is 1.92. The van der Waals surface area contributed by atoms with Gasteiger partial charge in [0.25, 0.3) is 0 Å². The Hall–Kier alpha value is -2.10. The molecule has 0 aliphatic rings. The molecule has 18 heavy (non-hydrogen) atoms. The van der Waals surface area contributed by atoms with Gasteiger partial charge in [-0.05, 0) is 24.6 Å². The van der Waals surface area contributed by atoms with Crippen LogP contribution in [0.25, 0.3) is 22.0 Å². The van der Waals surface area contributed by atoms with Gasteiger partial charge in [0.05, 0.1) is 11.7 Å². The van der Waals surface area contributed by atoms with E-state index in [4.69, 9.17) is 0 Å². The van der Waals surface area contributed by atoms with Gasteiger partial charge in [0.2, 0.25) is 0 Å². The van der Waals surface area contributed by atoms with Gasteiger partial charge in [-0.25, -0.2) is 0 Å². The van der Waals surface area contributed by atoms with Gasteiger partial charge in [0, 0.05) is 29.9 Å². The van der Waals surface area contributed by atoms with Crippen LogP contribution in [0.4, 0.5) is 0 Å². The molecule has 0 radical (unpaired) electrons. The number of H-pyrrole nitrogens is 1. The van der Waals surface area contributed by atoms with E-state index in [1.54, 1.807) is 0 Å². The number of aromatic nitrogens is 4. The molecule has 0 saturated carbocycles. The minimum atomic E-state index is 1.00. The first kappa shape index (κ1) is 12.4. The summed E-state index contributed by atoms with van der Waals surface area (Å²) < 4.78 is 1.81. The lowest BCUT2D eigenvalue weighted by atomic mass is 10.1. The van der Waals surface area contributed by atoms with Crippen molar-refractivity contribution in [3.8, 4) is 11.1 Å². The number of hydrogen-bond acceptors (Lipinski definition) is 2. The zero-order valence-corrected chi connectivity index (χ0v) is 11.2. The van der Waals surface area contributed by atoms with E-state index in [9.17, 15) is 0 Å². The number of hydrogen-bond donors (Lipinski definition) is 1. The molecule has 3 aromatic rings. The van der Waals surface area contributed by atoms with Crippen molar-refractivity contribution in [3.63, 3.8) is 0 Å². The second kappa shape index (κ2) is 5.04. The van der Waals surface area contributed by atoms with E-state index >= 15 is 0 Å². The second-order valence-corrected chi connectivity index (χ2v) is 3.98. The van der Waals surface area contributed by atoms with Gasteiger partial charge in [-0.2, -0.15) is 10.2 Å². The molecule has 0 fully saturated rings.